The zero-order valence-corrected chi connectivity index (χ0v) is 7.27. The molecule has 0 saturated carbocycles. The third-order valence-corrected chi connectivity index (χ3v) is 2.36. The lowest BCUT2D eigenvalue weighted by Gasteiger charge is -2.04. The van der Waals surface area contributed by atoms with E-state index in [-0.39, 0.29) is 5.72 Å². The SMILES string of the molecule is CC1(n2nnc3ccccc32)CO1. The molecule has 0 bridgehead atoms. The summed E-state index contributed by atoms with van der Waals surface area (Å²) in [4.78, 5) is 0. The van der Waals surface area contributed by atoms with Crippen LogP contribution < -0.4 is 0 Å². The molecule has 1 atom stereocenters. The normalized spacial score (nSPS) is 26.5. The van der Waals surface area contributed by atoms with Crippen LogP contribution in [-0.2, 0) is 10.5 Å². The van der Waals surface area contributed by atoms with Gasteiger partial charge in [0.05, 0.1) is 12.1 Å². The van der Waals surface area contributed by atoms with Crippen molar-refractivity contribution in [1.29, 1.82) is 0 Å². The molecule has 4 nitrogen and oxygen atoms in total. The molecule has 0 N–H and O–H groups in total. The second kappa shape index (κ2) is 2.09. The minimum absolute atomic E-state index is 0.254. The lowest BCUT2D eigenvalue weighted by atomic mass is 10.3. The van der Waals surface area contributed by atoms with E-state index >= 15 is 0 Å². The Morgan fingerprint density at radius 2 is 2.23 bits per heavy atom. The highest BCUT2D eigenvalue weighted by molar-refractivity contribution is 5.74. The van der Waals surface area contributed by atoms with Crippen molar-refractivity contribution >= 4 is 11.0 Å². The van der Waals surface area contributed by atoms with Gasteiger partial charge in [0.25, 0.3) is 0 Å². The second-order valence-electron chi connectivity index (χ2n) is 3.45. The first-order valence-electron chi connectivity index (χ1n) is 4.24. The number of fused-ring (bicyclic) bond motifs is 1. The first-order chi connectivity index (χ1) is 6.30. The fraction of sp³-hybridized carbons (Fsp3) is 0.333. The second-order valence-corrected chi connectivity index (χ2v) is 3.45. The number of hydrogen-bond acceptors (Lipinski definition) is 3. The maximum atomic E-state index is 5.31. The van der Waals surface area contributed by atoms with Gasteiger partial charge in [-0.2, -0.15) is 0 Å². The van der Waals surface area contributed by atoms with Crippen LogP contribution in [0, 0.1) is 0 Å². The van der Waals surface area contributed by atoms with Crippen molar-refractivity contribution in [3.8, 4) is 0 Å². The highest BCUT2D eigenvalue weighted by Crippen LogP contribution is 2.33. The van der Waals surface area contributed by atoms with Crippen LogP contribution in [0.15, 0.2) is 24.3 Å². The molecule has 66 valence electrons. The summed E-state index contributed by atoms with van der Waals surface area (Å²) < 4.78 is 7.14. The molecule has 1 aliphatic rings. The van der Waals surface area contributed by atoms with Crippen molar-refractivity contribution in [2.45, 2.75) is 12.6 Å². The van der Waals surface area contributed by atoms with Gasteiger partial charge in [0, 0.05) is 0 Å². The van der Waals surface area contributed by atoms with Gasteiger partial charge in [-0.25, -0.2) is 4.68 Å². The van der Waals surface area contributed by atoms with Crippen molar-refractivity contribution < 1.29 is 4.74 Å². The van der Waals surface area contributed by atoms with E-state index in [0.717, 1.165) is 17.6 Å². The van der Waals surface area contributed by atoms with Crippen molar-refractivity contribution in [2.24, 2.45) is 0 Å². The first kappa shape index (κ1) is 7.03. The molecule has 0 amide bonds. The van der Waals surface area contributed by atoms with Crippen LogP contribution in [0.1, 0.15) is 6.92 Å². The number of ether oxygens (including phenoxy) is 1. The summed E-state index contributed by atoms with van der Waals surface area (Å²) in [6, 6.07) is 7.89. The number of epoxide rings is 1. The quantitative estimate of drug-likeness (QED) is 0.610. The molecule has 2 heterocycles. The van der Waals surface area contributed by atoms with Crippen LogP contribution in [-0.4, -0.2) is 21.6 Å². The average Bonchev–Trinajstić information content (AvgIpc) is 2.76. The van der Waals surface area contributed by atoms with Crippen LogP contribution in [0.3, 0.4) is 0 Å². The number of para-hydroxylation sites is 1. The van der Waals surface area contributed by atoms with Crippen LogP contribution in [0.2, 0.25) is 0 Å². The summed E-state index contributed by atoms with van der Waals surface area (Å²) in [6.07, 6.45) is 0. The molecular weight excluding hydrogens is 166 g/mol. The molecule has 1 fully saturated rings. The Morgan fingerprint density at radius 3 is 3.00 bits per heavy atom. The molecule has 0 aliphatic carbocycles. The molecule has 1 unspecified atom stereocenters. The zero-order chi connectivity index (χ0) is 8.89. The smallest absolute Gasteiger partial charge is 0.183 e. The Balaban J connectivity index is 2.30. The lowest BCUT2D eigenvalue weighted by molar-refractivity contribution is 0.230. The van der Waals surface area contributed by atoms with Crippen LogP contribution in [0.4, 0.5) is 0 Å². The summed E-state index contributed by atoms with van der Waals surface area (Å²) in [5.74, 6) is 0. The number of benzene rings is 1. The van der Waals surface area contributed by atoms with Gasteiger partial charge < -0.3 is 4.74 Å². The zero-order valence-electron chi connectivity index (χ0n) is 7.27. The molecule has 2 aromatic rings. The number of nitrogens with zero attached hydrogens (tertiary/aromatic N) is 3. The van der Waals surface area contributed by atoms with Gasteiger partial charge >= 0.3 is 0 Å². The van der Waals surface area contributed by atoms with E-state index in [1.807, 2.05) is 35.9 Å². The Morgan fingerprint density at radius 1 is 1.46 bits per heavy atom. The summed E-state index contributed by atoms with van der Waals surface area (Å²) in [5.41, 5.74) is 1.69. The molecule has 13 heavy (non-hydrogen) atoms. The van der Waals surface area contributed by atoms with E-state index < -0.39 is 0 Å². The first-order valence-corrected chi connectivity index (χ1v) is 4.24. The highest BCUT2D eigenvalue weighted by Gasteiger charge is 2.43. The maximum absolute atomic E-state index is 5.31. The summed E-state index contributed by atoms with van der Waals surface area (Å²) in [7, 11) is 0. The highest BCUT2D eigenvalue weighted by atomic mass is 16.6. The topological polar surface area (TPSA) is 43.2 Å². The monoisotopic (exact) mass is 175 g/mol. The van der Waals surface area contributed by atoms with Crippen molar-refractivity contribution in [3.63, 3.8) is 0 Å². The number of hydrogen-bond donors (Lipinski definition) is 0. The van der Waals surface area contributed by atoms with Crippen molar-refractivity contribution in [3.05, 3.63) is 24.3 Å². The van der Waals surface area contributed by atoms with Gasteiger partial charge in [-0.3, -0.25) is 0 Å². The largest absolute Gasteiger partial charge is 0.346 e. The average molecular weight is 175 g/mol. The molecule has 0 spiro atoms. The molecule has 1 aliphatic heterocycles. The minimum atomic E-state index is -0.254. The molecule has 1 aromatic carbocycles. The molecule has 3 rings (SSSR count). The van der Waals surface area contributed by atoms with E-state index in [1.54, 1.807) is 0 Å². The molecule has 1 saturated heterocycles. The van der Waals surface area contributed by atoms with E-state index in [4.69, 9.17) is 4.74 Å². The lowest BCUT2D eigenvalue weighted by Crippen LogP contribution is -2.15. The van der Waals surface area contributed by atoms with E-state index in [0.29, 0.717) is 0 Å². The predicted octanol–water partition coefficient (Wildman–Crippen LogP) is 1.13. The van der Waals surface area contributed by atoms with Gasteiger partial charge in [0.15, 0.2) is 5.72 Å². The maximum Gasteiger partial charge on any atom is 0.183 e. The van der Waals surface area contributed by atoms with Gasteiger partial charge in [-0.15, -0.1) is 5.10 Å². The fourth-order valence-corrected chi connectivity index (χ4v) is 1.45. The van der Waals surface area contributed by atoms with E-state index in [2.05, 4.69) is 10.3 Å². The number of aromatic nitrogens is 3. The van der Waals surface area contributed by atoms with Gasteiger partial charge in [0.1, 0.15) is 5.52 Å². The fourth-order valence-electron chi connectivity index (χ4n) is 1.45. The van der Waals surface area contributed by atoms with E-state index in [9.17, 15) is 0 Å². The predicted molar refractivity (Wildman–Crippen MR) is 47.1 cm³/mol. The Labute approximate surface area is 75.1 Å². The third-order valence-electron chi connectivity index (χ3n) is 2.36. The van der Waals surface area contributed by atoms with Crippen LogP contribution in [0.5, 0.6) is 0 Å². The van der Waals surface area contributed by atoms with Crippen molar-refractivity contribution in [2.75, 3.05) is 6.61 Å². The summed E-state index contributed by atoms with van der Waals surface area (Å²) in [6.45, 7) is 2.73. The third kappa shape index (κ3) is 0.890. The van der Waals surface area contributed by atoms with Gasteiger partial charge in [0.2, 0.25) is 0 Å². The molecule has 0 radical (unpaired) electrons. The van der Waals surface area contributed by atoms with Crippen LogP contribution in [0.25, 0.3) is 11.0 Å². The van der Waals surface area contributed by atoms with Gasteiger partial charge in [-0.1, -0.05) is 17.3 Å². The molecule has 4 heteroatoms. The van der Waals surface area contributed by atoms with E-state index in [1.165, 1.54) is 0 Å². The minimum Gasteiger partial charge on any atom is -0.346 e. The molecular formula is C9H9N3O. The number of rotatable bonds is 1. The Bertz CT molecular complexity index is 459. The standard InChI is InChI=1S/C9H9N3O/c1-9(6-13-9)12-8-5-3-2-4-7(8)10-11-12/h2-5H,6H2,1H3. The van der Waals surface area contributed by atoms with Crippen molar-refractivity contribution in [1.82, 2.24) is 15.0 Å². The molecule has 1 aromatic heterocycles. The Kier molecular flexibility index (Phi) is 1.13. The summed E-state index contributed by atoms with van der Waals surface area (Å²) >= 11 is 0. The van der Waals surface area contributed by atoms with Crippen LogP contribution >= 0.6 is 0 Å². The van der Waals surface area contributed by atoms with Gasteiger partial charge in [-0.05, 0) is 19.1 Å². The Hall–Kier alpha value is -1.42. The summed E-state index contributed by atoms with van der Waals surface area (Å²) in [5, 5.41) is 8.13.